The molecule has 0 saturated heterocycles. The topological polar surface area (TPSA) is 107 Å². The predicted molar refractivity (Wildman–Crippen MR) is 119 cm³/mol. The second-order valence-corrected chi connectivity index (χ2v) is 9.96. The number of hydrogen-bond acceptors (Lipinski definition) is 6. The summed E-state index contributed by atoms with van der Waals surface area (Å²) in [5, 5.41) is 12.0. The van der Waals surface area contributed by atoms with Crippen molar-refractivity contribution in [3.05, 3.63) is 61.1 Å². The first-order valence-electron chi connectivity index (χ1n) is 10.8. The Bertz CT molecular complexity index is 1330. The van der Waals surface area contributed by atoms with E-state index in [1.807, 2.05) is 29.8 Å². The lowest BCUT2D eigenvalue weighted by Crippen LogP contribution is -2.38. The highest BCUT2D eigenvalue weighted by molar-refractivity contribution is 7.89. The molecule has 0 bridgehead atoms. The second-order valence-electron chi connectivity index (χ2n) is 8.24. The van der Waals surface area contributed by atoms with Crippen LogP contribution in [0.25, 0.3) is 16.8 Å². The molecule has 166 valence electrons. The van der Waals surface area contributed by atoms with E-state index >= 15 is 0 Å². The normalized spacial score (nSPS) is 19.4. The molecule has 9 nitrogen and oxygen atoms in total. The highest BCUT2D eigenvalue weighted by Gasteiger charge is 2.28. The van der Waals surface area contributed by atoms with Gasteiger partial charge in [-0.1, -0.05) is 13.0 Å². The van der Waals surface area contributed by atoms with Crippen molar-refractivity contribution in [3.8, 4) is 11.1 Å². The maximum Gasteiger partial charge on any atom is 0.240 e. The first-order valence-corrected chi connectivity index (χ1v) is 12.3. The molecule has 0 amide bonds. The molecule has 5 rings (SSSR count). The Morgan fingerprint density at radius 3 is 2.78 bits per heavy atom. The number of sulfonamides is 1. The number of nitrogens with zero attached hydrogens (tertiary/aromatic N) is 6. The van der Waals surface area contributed by atoms with Crippen LogP contribution in [0, 0.1) is 0 Å². The van der Waals surface area contributed by atoms with E-state index in [0.717, 1.165) is 54.4 Å². The number of rotatable bonds is 6. The summed E-state index contributed by atoms with van der Waals surface area (Å²) in [6, 6.07) is 7.38. The Morgan fingerprint density at radius 2 is 1.97 bits per heavy atom. The average Bonchev–Trinajstić information content (AvgIpc) is 3.50. The minimum absolute atomic E-state index is 0.128. The van der Waals surface area contributed by atoms with Gasteiger partial charge >= 0.3 is 0 Å². The Kier molecular flexibility index (Phi) is 5.48. The van der Waals surface area contributed by atoms with Gasteiger partial charge in [0.05, 0.1) is 11.1 Å². The largest absolute Gasteiger partial charge is 0.317 e. The molecule has 1 fully saturated rings. The number of hydrogen-bond donors (Lipinski definition) is 1. The van der Waals surface area contributed by atoms with Gasteiger partial charge in [-0.15, -0.1) is 10.2 Å². The van der Waals surface area contributed by atoms with Crippen molar-refractivity contribution in [3.63, 3.8) is 0 Å². The van der Waals surface area contributed by atoms with Crippen LogP contribution in [-0.4, -0.2) is 43.8 Å². The van der Waals surface area contributed by atoms with Crippen LogP contribution in [0.2, 0.25) is 0 Å². The minimum Gasteiger partial charge on any atom is -0.317 e. The van der Waals surface area contributed by atoms with Crippen molar-refractivity contribution in [2.24, 2.45) is 0 Å². The van der Waals surface area contributed by atoms with Gasteiger partial charge < -0.3 is 4.57 Å². The van der Waals surface area contributed by atoms with E-state index < -0.39 is 10.0 Å². The molecular weight excluding hydrogens is 426 g/mol. The molecule has 32 heavy (non-hydrogen) atoms. The molecule has 1 aromatic carbocycles. The van der Waals surface area contributed by atoms with Crippen molar-refractivity contribution in [2.75, 3.05) is 0 Å². The lowest BCUT2D eigenvalue weighted by atomic mass is 9.91. The zero-order chi connectivity index (χ0) is 22.1. The first kappa shape index (κ1) is 20.8. The highest BCUT2D eigenvalue weighted by Crippen LogP contribution is 2.30. The molecular formula is C22H25N7O2S. The zero-order valence-corrected chi connectivity index (χ0v) is 18.6. The smallest absolute Gasteiger partial charge is 0.240 e. The van der Waals surface area contributed by atoms with E-state index in [4.69, 9.17) is 0 Å². The quantitative estimate of drug-likeness (QED) is 0.483. The van der Waals surface area contributed by atoms with E-state index in [-0.39, 0.29) is 17.0 Å². The van der Waals surface area contributed by atoms with Gasteiger partial charge in [0.25, 0.3) is 0 Å². The molecule has 10 heteroatoms. The molecule has 4 aromatic rings. The molecule has 3 heterocycles. The summed E-state index contributed by atoms with van der Waals surface area (Å²) in [5.74, 6) is 0. The Balaban J connectivity index is 1.43. The molecule has 1 aliphatic rings. The number of fused-ring (bicyclic) bond motifs is 1. The van der Waals surface area contributed by atoms with Crippen LogP contribution in [-0.2, 0) is 16.4 Å². The van der Waals surface area contributed by atoms with E-state index in [9.17, 15) is 8.42 Å². The van der Waals surface area contributed by atoms with Crippen LogP contribution in [0.4, 0.5) is 0 Å². The fraction of sp³-hybridized carbons (Fsp3) is 0.364. The molecule has 0 aliphatic heterocycles. The van der Waals surface area contributed by atoms with Gasteiger partial charge in [0.2, 0.25) is 10.0 Å². The third kappa shape index (κ3) is 4.15. The Labute approximate surface area is 186 Å². The molecule has 0 unspecified atom stereocenters. The average molecular weight is 452 g/mol. The summed E-state index contributed by atoms with van der Waals surface area (Å²) in [7, 11) is -3.68. The number of aromatic nitrogens is 6. The highest BCUT2D eigenvalue weighted by atomic mass is 32.2. The van der Waals surface area contributed by atoms with Crippen molar-refractivity contribution >= 4 is 15.7 Å². The van der Waals surface area contributed by atoms with Gasteiger partial charge in [0, 0.05) is 36.1 Å². The Hall–Kier alpha value is -3.11. The van der Waals surface area contributed by atoms with Gasteiger partial charge in [-0.25, -0.2) is 22.6 Å². The number of nitrogens with one attached hydrogen (secondary N) is 1. The van der Waals surface area contributed by atoms with Crippen LogP contribution >= 0.6 is 0 Å². The van der Waals surface area contributed by atoms with Gasteiger partial charge in [0.15, 0.2) is 5.65 Å². The Morgan fingerprint density at radius 1 is 1.12 bits per heavy atom. The van der Waals surface area contributed by atoms with E-state index in [1.165, 1.54) is 0 Å². The van der Waals surface area contributed by atoms with Crippen molar-refractivity contribution in [1.29, 1.82) is 0 Å². The van der Waals surface area contributed by atoms with Crippen LogP contribution < -0.4 is 4.72 Å². The fourth-order valence-electron chi connectivity index (χ4n) is 4.37. The maximum absolute atomic E-state index is 13.3. The van der Waals surface area contributed by atoms with Gasteiger partial charge in [-0.2, -0.15) is 5.10 Å². The first-order chi connectivity index (χ1) is 15.5. The molecule has 1 aliphatic carbocycles. The van der Waals surface area contributed by atoms with Gasteiger partial charge in [0.1, 0.15) is 12.7 Å². The predicted octanol–water partition coefficient (Wildman–Crippen LogP) is 3.01. The fourth-order valence-corrected chi connectivity index (χ4v) is 5.75. The summed E-state index contributed by atoms with van der Waals surface area (Å²) in [6.07, 6.45) is 12.9. The number of aryl methyl sites for hydroxylation is 1. The maximum atomic E-state index is 13.3. The summed E-state index contributed by atoms with van der Waals surface area (Å²) in [4.78, 5) is 4.69. The van der Waals surface area contributed by atoms with E-state index in [0.29, 0.717) is 0 Å². The minimum atomic E-state index is -3.68. The second kappa shape index (κ2) is 8.44. The third-order valence-corrected chi connectivity index (χ3v) is 7.59. The van der Waals surface area contributed by atoms with Crippen molar-refractivity contribution in [2.45, 2.75) is 56.0 Å². The summed E-state index contributed by atoms with van der Waals surface area (Å²) < 4.78 is 33.3. The molecule has 1 N–H and O–H groups in total. The van der Waals surface area contributed by atoms with E-state index in [2.05, 4.69) is 25.0 Å². The van der Waals surface area contributed by atoms with Crippen LogP contribution in [0.5, 0.6) is 0 Å². The van der Waals surface area contributed by atoms with Gasteiger partial charge in [-0.3, -0.25) is 0 Å². The molecule has 1 saturated carbocycles. The zero-order valence-electron chi connectivity index (χ0n) is 17.8. The molecule has 3 aromatic heterocycles. The lowest BCUT2D eigenvalue weighted by molar-refractivity contribution is 0.305. The van der Waals surface area contributed by atoms with E-state index in [1.54, 1.807) is 41.7 Å². The molecule has 0 spiro atoms. The summed E-state index contributed by atoms with van der Waals surface area (Å²) in [5.41, 5.74) is 3.32. The summed E-state index contributed by atoms with van der Waals surface area (Å²) >= 11 is 0. The standard InChI is InChI=1S/C22H25N7O2S/c1-2-16-8-17(18-12-23-22-6-7-26-29(22)13-18)10-21(9-16)32(30,31)27-19-4-3-5-20(11-19)28-14-24-25-15-28/h6-10,12-15,19-20,27H,2-5,11H2,1H3/t19-,20+/m0/s1. The number of benzene rings is 1. The molecule has 0 radical (unpaired) electrons. The lowest BCUT2D eigenvalue weighted by Gasteiger charge is -2.30. The SMILES string of the molecule is CCc1cc(-c2cnc3ccnn3c2)cc(S(=O)(=O)N[C@H]2CCC[C@@H](n3cnnc3)C2)c1. The summed E-state index contributed by atoms with van der Waals surface area (Å²) in [6.45, 7) is 2.02. The monoisotopic (exact) mass is 451 g/mol. The van der Waals surface area contributed by atoms with Crippen LogP contribution in [0.15, 0.2) is 60.4 Å². The van der Waals surface area contributed by atoms with Gasteiger partial charge in [-0.05, 0) is 55.4 Å². The molecule has 2 atom stereocenters. The van der Waals surface area contributed by atoms with Crippen LogP contribution in [0.3, 0.4) is 0 Å². The third-order valence-electron chi connectivity index (χ3n) is 6.09. The van der Waals surface area contributed by atoms with Crippen LogP contribution in [0.1, 0.15) is 44.2 Å². The van der Waals surface area contributed by atoms with Crippen molar-refractivity contribution < 1.29 is 8.42 Å². The van der Waals surface area contributed by atoms with Crippen molar-refractivity contribution in [1.82, 2.24) is 34.1 Å².